The Labute approximate surface area is 155 Å². The van der Waals surface area contributed by atoms with Crippen LogP contribution >= 0.6 is 0 Å². The molecule has 3 aliphatic rings. The lowest BCUT2D eigenvalue weighted by Gasteiger charge is -2.32. The number of morpholine rings is 1. The standard InChI is InChI=1S/C21H28N2O3/c24-20(18-15-19(18)21(25)23-10-12-26-13-11-23)22-8-6-17(7-9-22)14-16-4-2-1-3-5-16/h1-5,17-19H,6-15H2. The average Bonchev–Trinajstić information content (AvgIpc) is 3.50. The Kier molecular flexibility index (Phi) is 5.25. The summed E-state index contributed by atoms with van der Waals surface area (Å²) < 4.78 is 5.30. The Hall–Kier alpha value is -1.88. The van der Waals surface area contributed by atoms with Crippen molar-refractivity contribution in [1.82, 2.24) is 9.80 Å². The van der Waals surface area contributed by atoms with Crippen molar-refractivity contribution in [3.63, 3.8) is 0 Å². The van der Waals surface area contributed by atoms with E-state index in [0.29, 0.717) is 32.2 Å². The summed E-state index contributed by atoms with van der Waals surface area (Å²) in [5, 5.41) is 0. The zero-order valence-electron chi connectivity index (χ0n) is 15.3. The molecular formula is C21H28N2O3. The highest BCUT2D eigenvalue weighted by molar-refractivity contribution is 5.92. The maximum atomic E-state index is 12.8. The molecule has 2 aliphatic heterocycles. The average molecular weight is 356 g/mol. The van der Waals surface area contributed by atoms with Crippen LogP contribution in [-0.4, -0.2) is 61.0 Å². The monoisotopic (exact) mass is 356 g/mol. The number of ether oxygens (including phenoxy) is 1. The number of benzene rings is 1. The van der Waals surface area contributed by atoms with E-state index >= 15 is 0 Å². The summed E-state index contributed by atoms with van der Waals surface area (Å²) in [6.07, 6.45) is 3.97. The molecule has 0 spiro atoms. The molecule has 4 rings (SSSR count). The maximum absolute atomic E-state index is 12.8. The smallest absolute Gasteiger partial charge is 0.226 e. The van der Waals surface area contributed by atoms with Crippen LogP contribution in [0.2, 0.25) is 0 Å². The third kappa shape index (κ3) is 3.93. The Bertz CT molecular complexity index is 634. The Balaban J connectivity index is 1.23. The molecular weight excluding hydrogens is 328 g/mol. The van der Waals surface area contributed by atoms with Gasteiger partial charge in [0.25, 0.3) is 0 Å². The molecule has 140 valence electrons. The predicted molar refractivity (Wildman–Crippen MR) is 98.4 cm³/mol. The minimum absolute atomic E-state index is 0.0731. The van der Waals surface area contributed by atoms with Gasteiger partial charge in [-0.05, 0) is 37.2 Å². The number of hydrogen-bond donors (Lipinski definition) is 0. The number of carbonyl (C=O) groups excluding carboxylic acids is 2. The molecule has 0 bridgehead atoms. The molecule has 5 nitrogen and oxygen atoms in total. The van der Waals surface area contributed by atoms with Crippen LogP contribution in [-0.2, 0) is 20.7 Å². The van der Waals surface area contributed by atoms with E-state index < -0.39 is 0 Å². The fraction of sp³-hybridized carbons (Fsp3) is 0.619. The van der Waals surface area contributed by atoms with Crippen molar-refractivity contribution < 1.29 is 14.3 Å². The zero-order valence-corrected chi connectivity index (χ0v) is 15.3. The number of hydrogen-bond acceptors (Lipinski definition) is 3. The molecule has 0 aromatic heterocycles. The molecule has 26 heavy (non-hydrogen) atoms. The van der Waals surface area contributed by atoms with Crippen LogP contribution in [0.3, 0.4) is 0 Å². The van der Waals surface area contributed by atoms with Crippen molar-refractivity contribution in [2.45, 2.75) is 25.7 Å². The van der Waals surface area contributed by atoms with Crippen LogP contribution in [0, 0.1) is 17.8 Å². The lowest BCUT2D eigenvalue weighted by Crippen LogP contribution is -2.43. The van der Waals surface area contributed by atoms with Gasteiger partial charge < -0.3 is 14.5 Å². The number of rotatable bonds is 4. The van der Waals surface area contributed by atoms with Gasteiger partial charge in [0, 0.05) is 26.2 Å². The van der Waals surface area contributed by atoms with Gasteiger partial charge in [-0.3, -0.25) is 9.59 Å². The van der Waals surface area contributed by atoms with E-state index in [1.165, 1.54) is 5.56 Å². The van der Waals surface area contributed by atoms with Gasteiger partial charge in [-0.1, -0.05) is 30.3 Å². The van der Waals surface area contributed by atoms with E-state index in [4.69, 9.17) is 4.74 Å². The Morgan fingerprint density at radius 1 is 0.885 bits per heavy atom. The van der Waals surface area contributed by atoms with Crippen molar-refractivity contribution in [1.29, 1.82) is 0 Å². The summed E-state index contributed by atoms with van der Waals surface area (Å²) in [4.78, 5) is 29.1. The van der Waals surface area contributed by atoms with E-state index in [1.807, 2.05) is 9.80 Å². The highest BCUT2D eigenvalue weighted by atomic mass is 16.5. The second-order valence-corrected chi connectivity index (χ2v) is 7.84. The first-order chi connectivity index (χ1) is 12.7. The largest absolute Gasteiger partial charge is 0.378 e. The molecule has 3 fully saturated rings. The van der Waals surface area contributed by atoms with Gasteiger partial charge >= 0.3 is 0 Å². The van der Waals surface area contributed by atoms with Crippen LogP contribution in [0.4, 0.5) is 0 Å². The normalized spacial score (nSPS) is 26.6. The second kappa shape index (κ2) is 7.78. The molecule has 0 radical (unpaired) electrons. The number of nitrogens with zero attached hydrogens (tertiary/aromatic N) is 2. The molecule has 2 unspecified atom stereocenters. The van der Waals surface area contributed by atoms with Crippen molar-refractivity contribution in [3.05, 3.63) is 35.9 Å². The molecule has 2 heterocycles. The quantitative estimate of drug-likeness (QED) is 0.829. The summed E-state index contributed by atoms with van der Waals surface area (Å²) in [5.41, 5.74) is 1.38. The summed E-state index contributed by atoms with van der Waals surface area (Å²) >= 11 is 0. The summed E-state index contributed by atoms with van der Waals surface area (Å²) in [5.74, 6) is 0.866. The van der Waals surface area contributed by atoms with E-state index in [1.54, 1.807) is 0 Å². The third-order valence-electron chi connectivity index (χ3n) is 6.04. The first-order valence-electron chi connectivity index (χ1n) is 9.91. The van der Waals surface area contributed by atoms with Crippen LogP contribution in [0.15, 0.2) is 30.3 Å². The maximum Gasteiger partial charge on any atom is 0.226 e. The molecule has 1 saturated carbocycles. The van der Waals surface area contributed by atoms with Crippen LogP contribution in [0.1, 0.15) is 24.8 Å². The number of amides is 2. The third-order valence-corrected chi connectivity index (χ3v) is 6.04. The van der Waals surface area contributed by atoms with Crippen molar-refractivity contribution in [3.8, 4) is 0 Å². The molecule has 2 saturated heterocycles. The fourth-order valence-corrected chi connectivity index (χ4v) is 4.30. The second-order valence-electron chi connectivity index (χ2n) is 7.84. The summed E-state index contributed by atoms with van der Waals surface area (Å²) in [6, 6.07) is 10.6. The summed E-state index contributed by atoms with van der Waals surface area (Å²) in [6.45, 7) is 4.25. The van der Waals surface area contributed by atoms with Crippen molar-refractivity contribution >= 4 is 11.8 Å². The van der Waals surface area contributed by atoms with Crippen LogP contribution in [0.25, 0.3) is 0 Å². The van der Waals surface area contributed by atoms with E-state index in [0.717, 1.165) is 38.8 Å². The molecule has 2 atom stereocenters. The fourth-order valence-electron chi connectivity index (χ4n) is 4.30. The first kappa shape index (κ1) is 17.5. The van der Waals surface area contributed by atoms with Gasteiger partial charge in [0.05, 0.1) is 25.0 Å². The van der Waals surface area contributed by atoms with Gasteiger partial charge in [0.2, 0.25) is 11.8 Å². The molecule has 2 amide bonds. The van der Waals surface area contributed by atoms with E-state index in [2.05, 4.69) is 30.3 Å². The minimum Gasteiger partial charge on any atom is -0.378 e. The van der Waals surface area contributed by atoms with E-state index in [9.17, 15) is 9.59 Å². The van der Waals surface area contributed by atoms with Gasteiger partial charge in [-0.15, -0.1) is 0 Å². The lowest BCUT2D eigenvalue weighted by molar-refractivity contribution is -0.140. The van der Waals surface area contributed by atoms with Gasteiger partial charge in [-0.2, -0.15) is 0 Å². The Morgan fingerprint density at radius 2 is 1.46 bits per heavy atom. The van der Waals surface area contributed by atoms with Gasteiger partial charge in [0.15, 0.2) is 0 Å². The lowest BCUT2D eigenvalue weighted by atomic mass is 9.90. The highest BCUT2D eigenvalue weighted by Gasteiger charge is 2.51. The Morgan fingerprint density at radius 3 is 2.08 bits per heavy atom. The molecule has 1 aliphatic carbocycles. The number of carbonyl (C=O) groups is 2. The predicted octanol–water partition coefficient (Wildman–Crippen LogP) is 1.96. The molecule has 5 heteroatoms. The molecule has 1 aromatic carbocycles. The number of likely N-dealkylation sites (tertiary alicyclic amines) is 1. The van der Waals surface area contributed by atoms with Crippen molar-refractivity contribution in [2.24, 2.45) is 17.8 Å². The van der Waals surface area contributed by atoms with E-state index in [-0.39, 0.29) is 23.7 Å². The topological polar surface area (TPSA) is 49.9 Å². The SMILES string of the molecule is O=C(C1CC1C(=O)N1CCC(Cc2ccccc2)CC1)N1CCOCC1. The van der Waals surface area contributed by atoms with Crippen molar-refractivity contribution in [2.75, 3.05) is 39.4 Å². The van der Waals surface area contributed by atoms with Gasteiger partial charge in [0.1, 0.15) is 0 Å². The number of piperidine rings is 1. The molecule has 1 aromatic rings. The van der Waals surface area contributed by atoms with Crippen LogP contribution in [0.5, 0.6) is 0 Å². The first-order valence-corrected chi connectivity index (χ1v) is 9.91. The molecule has 0 N–H and O–H groups in total. The zero-order chi connectivity index (χ0) is 17.9. The highest BCUT2D eigenvalue weighted by Crippen LogP contribution is 2.42. The van der Waals surface area contributed by atoms with Gasteiger partial charge in [-0.25, -0.2) is 0 Å². The van der Waals surface area contributed by atoms with Crippen LogP contribution < -0.4 is 0 Å². The summed E-state index contributed by atoms with van der Waals surface area (Å²) in [7, 11) is 0. The minimum atomic E-state index is -0.0809.